The van der Waals surface area contributed by atoms with Gasteiger partial charge in [-0.2, -0.15) is 0 Å². The molecule has 0 aliphatic rings. The predicted molar refractivity (Wildman–Crippen MR) is 93.1 cm³/mol. The van der Waals surface area contributed by atoms with Gasteiger partial charge >= 0.3 is 0 Å². The minimum Gasteiger partial charge on any atom is -0.306 e. The van der Waals surface area contributed by atoms with Gasteiger partial charge in [-0.25, -0.2) is 4.39 Å². The first-order chi connectivity index (χ1) is 10.0. The van der Waals surface area contributed by atoms with Gasteiger partial charge in [-0.15, -0.1) is 0 Å². The molecule has 2 aromatic carbocycles. The van der Waals surface area contributed by atoms with Crippen molar-refractivity contribution in [3.05, 3.63) is 67.9 Å². The largest absolute Gasteiger partial charge is 0.306 e. The molecule has 1 N–H and O–H groups in total. The van der Waals surface area contributed by atoms with E-state index >= 15 is 0 Å². The fourth-order valence-corrected chi connectivity index (χ4v) is 3.38. The van der Waals surface area contributed by atoms with Crippen LogP contribution in [0.5, 0.6) is 0 Å². The van der Waals surface area contributed by atoms with E-state index in [1.54, 1.807) is 6.07 Å². The third-order valence-corrected chi connectivity index (χ3v) is 4.51. The molecule has 0 saturated heterocycles. The van der Waals surface area contributed by atoms with Crippen LogP contribution >= 0.6 is 31.9 Å². The fraction of sp³-hybridized carbons (Fsp3) is 0.294. The lowest BCUT2D eigenvalue weighted by atomic mass is 9.97. The Kier molecular flexibility index (Phi) is 5.97. The zero-order valence-electron chi connectivity index (χ0n) is 12.1. The Labute approximate surface area is 142 Å². The zero-order valence-corrected chi connectivity index (χ0v) is 15.3. The Morgan fingerprint density at radius 3 is 2.52 bits per heavy atom. The van der Waals surface area contributed by atoms with Crippen molar-refractivity contribution in [1.82, 2.24) is 5.32 Å². The normalized spacial score (nSPS) is 12.4. The second kappa shape index (κ2) is 7.52. The van der Waals surface area contributed by atoms with Gasteiger partial charge in [0.05, 0.1) is 6.04 Å². The van der Waals surface area contributed by atoms with E-state index in [1.807, 2.05) is 19.1 Å². The molecule has 2 rings (SSSR count). The number of rotatable bonds is 5. The fourth-order valence-electron chi connectivity index (χ4n) is 2.28. The number of halogens is 3. The lowest BCUT2D eigenvalue weighted by molar-refractivity contribution is 0.545. The molecule has 0 radical (unpaired) electrons. The summed E-state index contributed by atoms with van der Waals surface area (Å²) in [5.41, 5.74) is 2.88. The Hall–Kier alpha value is -0.710. The van der Waals surface area contributed by atoms with Gasteiger partial charge in [0, 0.05) is 14.5 Å². The van der Waals surface area contributed by atoms with Gasteiger partial charge in [-0.05, 0) is 55.3 Å². The third-order valence-electron chi connectivity index (χ3n) is 3.33. The molecule has 112 valence electrons. The van der Waals surface area contributed by atoms with Crippen LogP contribution in [0.3, 0.4) is 0 Å². The van der Waals surface area contributed by atoms with E-state index in [-0.39, 0.29) is 11.9 Å². The number of benzene rings is 2. The molecule has 0 bridgehead atoms. The first-order valence-corrected chi connectivity index (χ1v) is 8.56. The van der Waals surface area contributed by atoms with Crippen LogP contribution in [0.1, 0.15) is 36.1 Å². The summed E-state index contributed by atoms with van der Waals surface area (Å²) in [6.45, 7) is 4.98. The first kappa shape index (κ1) is 16.7. The minimum atomic E-state index is -0.195. The average molecular weight is 415 g/mol. The second-order valence-corrected chi connectivity index (χ2v) is 6.85. The van der Waals surface area contributed by atoms with Crippen LogP contribution in [0.2, 0.25) is 0 Å². The van der Waals surface area contributed by atoms with Crippen molar-refractivity contribution in [2.24, 2.45) is 0 Å². The number of hydrogen-bond acceptors (Lipinski definition) is 1. The minimum absolute atomic E-state index is 0.169. The summed E-state index contributed by atoms with van der Waals surface area (Å²) in [5.74, 6) is -0.195. The monoisotopic (exact) mass is 413 g/mol. The number of nitrogens with one attached hydrogen (secondary N) is 1. The average Bonchev–Trinajstić information content (AvgIpc) is 2.44. The molecule has 1 nitrogen and oxygen atoms in total. The molecule has 0 heterocycles. The van der Waals surface area contributed by atoms with Gasteiger partial charge in [-0.3, -0.25) is 0 Å². The molecule has 0 aliphatic heterocycles. The lowest BCUT2D eigenvalue weighted by Gasteiger charge is -2.22. The van der Waals surface area contributed by atoms with Gasteiger partial charge < -0.3 is 5.32 Å². The molecule has 1 unspecified atom stereocenters. The molecule has 0 fully saturated rings. The maximum Gasteiger partial charge on any atom is 0.128 e. The van der Waals surface area contributed by atoms with Crippen LogP contribution in [-0.4, -0.2) is 6.54 Å². The summed E-state index contributed by atoms with van der Waals surface area (Å²) in [6.07, 6.45) is 0.996. The Morgan fingerprint density at radius 1 is 1.10 bits per heavy atom. The summed E-state index contributed by atoms with van der Waals surface area (Å²) in [5, 5.41) is 3.44. The molecule has 0 amide bonds. The third kappa shape index (κ3) is 4.15. The molecule has 0 saturated carbocycles. The number of aryl methyl sites for hydroxylation is 1. The summed E-state index contributed by atoms with van der Waals surface area (Å²) in [6, 6.07) is 11.1. The highest BCUT2D eigenvalue weighted by Gasteiger charge is 2.20. The van der Waals surface area contributed by atoms with Crippen molar-refractivity contribution >= 4 is 31.9 Å². The molecule has 2 aromatic rings. The summed E-state index contributed by atoms with van der Waals surface area (Å²) < 4.78 is 16.1. The number of hydrogen-bond donors (Lipinski definition) is 1. The van der Waals surface area contributed by atoms with Crippen molar-refractivity contribution in [3.8, 4) is 0 Å². The first-order valence-electron chi connectivity index (χ1n) is 6.97. The SMILES string of the molecule is CCCNC(c1cc(Br)ccc1F)c1ccc(C)cc1Br. The smallest absolute Gasteiger partial charge is 0.128 e. The van der Waals surface area contributed by atoms with Crippen LogP contribution < -0.4 is 5.32 Å². The molecular weight excluding hydrogens is 397 g/mol. The molecule has 4 heteroatoms. The standard InChI is InChI=1S/C17H18Br2FN/c1-3-8-21-17(13-6-4-11(2)9-15(13)19)14-10-12(18)5-7-16(14)20/h4-7,9-10,17,21H,3,8H2,1-2H3. The van der Waals surface area contributed by atoms with E-state index in [0.717, 1.165) is 27.5 Å². The van der Waals surface area contributed by atoms with Gasteiger partial charge in [0.2, 0.25) is 0 Å². The van der Waals surface area contributed by atoms with Gasteiger partial charge in [0.15, 0.2) is 0 Å². The quantitative estimate of drug-likeness (QED) is 0.656. The molecule has 0 aromatic heterocycles. The van der Waals surface area contributed by atoms with E-state index in [2.05, 4.69) is 56.2 Å². The van der Waals surface area contributed by atoms with Crippen molar-refractivity contribution in [2.75, 3.05) is 6.54 Å². The maximum absolute atomic E-state index is 14.3. The van der Waals surface area contributed by atoms with E-state index in [1.165, 1.54) is 11.6 Å². The van der Waals surface area contributed by atoms with Crippen LogP contribution in [0.25, 0.3) is 0 Å². The van der Waals surface area contributed by atoms with Crippen molar-refractivity contribution in [2.45, 2.75) is 26.3 Å². The summed E-state index contributed by atoms with van der Waals surface area (Å²) >= 11 is 7.04. The van der Waals surface area contributed by atoms with Gasteiger partial charge in [0.1, 0.15) is 5.82 Å². The van der Waals surface area contributed by atoms with E-state index in [4.69, 9.17) is 0 Å². The van der Waals surface area contributed by atoms with E-state index in [9.17, 15) is 4.39 Å². The Balaban J connectivity index is 2.49. The highest BCUT2D eigenvalue weighted by atomic mass is 79.9. The topological polar surface area (TPSA) is 12.0 Å². The molecule has 1 atom stereocenters. The Bertz CT molecular complexity index is 628. The van der Waals surface area contributed by atoms with Crippen LogP contribution in [0.4, 0.5) is 4.39 Å². The van der Waals surface area contributed by atoms with Crippen molar-refractivity contribution in [3.63, 3.8) is 0 Å². The molecule has 21 heavy (non-hydrogen) atoms. The molecular formula is C17H18Br2FN. The van der Waals surface area contributed by atoms with Gasteiger partial charge in [-0.1, -0.05) is 50.9 Å². The lowest BCUT2D eigenvalue weighted by Crippen LogP contribution is -2.24. The predicted octanol–water partition coefficient (Wildman–Crippen LogP) is 5.75. The summed E-state index contributed by atoms with van der Waals surface area (Å²) in [4.78, 5) is 0. The summed E-state index contributed by atoms with van der Waals surface area (Å²) in [7, 11) is 0. The Morgan fingerprint density at radius 2 is 1.86 bits per heavy atom. The van der Waals surface area contributed by atoms with Crippen LogP contribution in [0.15, 0.2) is 45.3 Å². The van der Waals surface area contributed by atoms with E-state index in [0.29, 0.717) is 5.56 Å². The van der Waals surface area contributed by atoms with Crippen molar-refractivity contribution < 1.29 is 4.39 Å². The van der Waals surface area contributed by atoms with Crippen molar-refractivity contribution in [1.29, 1.82) is 0 Å². The molecule has 0 spiro atoms. The zero-order chi connectivity index (χ0) is 15.4. The second-order valence-electron chi connectivity index (χ2n) is 5.08. The van der Waals surface area contributed by atoms with Crippen LogP contribution in [0, 0.1) is 12.7 Å². The van der Waals surface area contributed by atoms with Gasteiger partial charge in [0.25, 0.3) is 0 Å². The molecule has 0 aliphatic carbocycles. The highest BCUT2D eigenvalue weighted by molar-refractivity contribution is 9.10. The highest BCUT2D eigenvalue weighted by Crippen LogP contribution is 2.32. The van der Waals surface area contributed by atoms with E-state index < -0.39 is 0 Å². The van der Waals surface area contributed by atoms with Crippen LogP contribution in [-0.2, 0) is 0 Å². The maximum atomic E-state index is 14.3.